The van der Waals surface area contributed by atoms with Gasteiger partial charge < -0.3 is 0 Å². The molecule has 0 spiro atoms. The van der Waals surface area contributed by atoms with E-state index in [0.29, 0.717) is 0 Å². The quantitative estimate of drug-likeness (QED) is 0.0379. The molecule has 62 heavy (non-hydrogen) atoms. The van der Waals surface area contributed by atoms with E-state index in [9.17, 15) is 0 Å². The van der Waals surface area contributed by atoms with E-state index in [4.69, 9.17) is 8.75 Å². The van der Waals surface area contributed by atoms with Crippen LogP contribution in [0.2, 0.25) is 13.3 Å². The molecule has 3 heterocycles. The molecular weight excluding hydrogens is 983 g/mol. The Bertz CT molecular complexity index is 2280. The maximum atomic E-state index is 4.99. The van der Waals surface area contributed by atoms with E-state index >= 15 is 0 Å². The van der Waals surface area contributed by atoms with Crippen LogP contribution in [0.1, 0.15) is 174 Å². The van der Waals surface area contributed by atoms with Crippen LogP contribution in [-0.4, -0.2) is 27.1 Å². The van der Waals surface area contributed by atoms with Gasteiger partial charge in [0.25, 0.3) is 0 Å². The molecule has 332 valence electrons. The van der Waals surface area contributed by atoms with Crippen molar-refractivity contribution in [1.29, 1.82) is 0 Å². The number of thiophene rings is 2. The van der Waals surface area contributed by atoms with Crippen LogP contribution in [0, 0.1) is 0 Å². The molecule has 7 heteroatoms. The van der Waals surface area contributed by atoms with Gasteiger partial charge in [0.2, 0.25) is 0 Å². The summed E-state index contributed by atoms with van der Waals surface area (Å²) in [5.74, 6) is 0. The van der Waals surface area contributed by atoms with Crippen molar-refractivity contribution in [2.45, 2.75) is 182 Å². The fourth-order valence-corrected chi connectivity index (χ4v) is 32.8. The molecule has 7 rings (SSSR count). The zero-order valence-corrected chi connectivity index (χ0v) is 45.6. The van der Waals surface area contributed by atoms with Crippen LogP contribution in [0.3, 0.4) is 0 Å². The molecule has 0 unspecified atom stereocenters. The van der Waals surface area contributed by atoms with E-state index < -0.39 is 18.4 Å². The summed E-state index contributed by atoms with van der Waals surface area (Å²) in [4.78, 5) is 4.01. The smallest absolute Gasteiger partial charge is 0.0289 e. The summed E-state index contributed by atoms with van der Waals surface area (Å²) in [5.41, 5.74) is 12.0. The average molecular weight is 1060 g/mol. The minimum Gasteiger partial charge on any atom is -0.0289 e. The molecule has 0 saturated carbocycles. The number of benzene rings is 3. The zero-order valence-electron chi connectivity index (χ0n) is 38.7. The first-order chi connectivity index (χ1) is 30.4. The standard InChI is InChI=1S/C43H46BrN2S3.3C4H9.Sn/c1-3-5-7-9-11-13-25-43(26-14-12-10-8-6-4-2)36-28-30(17-19-32(36)33-20-18-31(44)29-37(33)43)38-23-24-40(48-38)35-22-21-34(39-16-15-27-47-39)41-42(35)46-49-45-41;3*1-3-4-2;/h15-24,28-29H,3-14,25-26H2,1-2H3;3*1,3-4H2,2H3;. The molecule has 0 amide bonds. The Morgan fingerprint density at radius 2 is 0.935 bits per heavy atom. The van der Waals surface area contributed by atoms with Crippen LogP contribution in [0.25, 0.3) is 53.5 Å². The van der Waals surface area contributed by atoms with Crippen molar-refractivity contribution in [3.63, 3.8) is 0 Å². The monoisotopic (exact) mass is 1060 g/mol. The first-order valence-electron chi connectivity index (χ1n) is 24.8. The van der Waals surface area contributed by atoms with Crippen LogP contribution < -0.4 is 2.89 Å². The Kier molecular flexibility index (Phi) is 18.3. The van der Waals surface area contributed by atoms with Gasteiger partial charge in [0.05, 0.1) is 0 Å². The topological polar surface area (TPSA) is 25.8 Å². The van der Waals surface area contributed by atoms with E-state index in [1.165, 1.54) is 200 Å². The summed E-state index contributed by atoms with van der Waals surface area (Å²) in [5, 5.41) is 0. The van der Waals surface area contributed by atoms with E-state index in [-0.39, 0.29) is 5.41 Å². The fraction of sp³-hybridized carbons (Fsp3) is 0.527. The van der Waals surface area contributed by atoms with Gasteiger partial charge in [-0.2, -0.15) is 0 Å². The van der Waals surface area contributed by atoms with E-state index in [1.807, 2.05) is 11.3 Å². The molecule has 0 fully saturated rings. The second-order valence-corrected chi connectivity index (χ2v) is 36.4. The summed E-state index contributed by atoms with van der Waals surface area (Å²) in [6.45, 7) is 11.8. The Hall–Kier alpha value is -1.84. The van der Waals surface area contributed by atoms with Gasteiger partial charge in [0, 0.05) is 9.89 Å². The number of rotatable bonds is 27. The van der Waals surface area contributed by atoms with E-state index in [0.717, 1.165) is 11.0 Å². The van der Waals surface area contributed by atoms with Crippen LogP contribution in [-0.2, 0) is 5.41 Å². The number of halogens is 1. The van der Waals surface area contributed by atoms with Crippen molar-refractivity contribution in [2.24, 2.45) is 0 Å². The van der Waals surface area contributed by atoms with Crippen molar-refractivity contribution in [1.82, 2.24) is 8.75 Å². The van der Waals surface area contributed by atoms with Crippen molar-refractivity contribution < 1.29 is 0 Å². The maximum absolute atomic E-state index is 4.99. The molecule has 6 aromatic rings. The summed E-state index contributed by atoms with van der Waals surface area (Å²) in [6, 6.07) is 29.0. The third kappa shape index (κ3) is 10.9. The zero-order chi connectivity index (χ0) is 43.4. The number of fused-ring (bicyclic) bond motifs is 4. The predicted octanol–water partition coefficient (Wildman–Crippen LogP) is 19.4. The molecule has 0 N–H and O–H groups in total. The minimum atomic E-state index is -2.52. The van der Waals surface area contributed by atoms with Crippen LogP contribution >= 0.6 is 50.3 Å². The summed E-state index contributed by atoms with van der Waals surface area (Å²) >= 11 is 6.81. The third-order valence-corrected chi connectivity index (χ3v) is 35.8. The molecule has 1 aliphatic rings. The number of unbranched alkanes of at least 4 members (excludes halogenated alkanes) is 13. The van der Waals surface area contributed by atoms with Crippen LogP contribution in [0.15, 0.2) is 77.3 Å². The molecule has 2 nitrogen and oxygen atoms in total. The third-order valence-electron chi connectivity index (χ3n) is 14.2. The number of aromatic nitrogens is 2. The molecule has 1 aliphatic carbocycles. The molecule has 0 aliphatic heterocycles. The predicted molar refractivity (Wildman–Crippen MR) is 284 cm³/mol. The molecular formula is C55H73BrN2S3Sn. The normalized spacial score (nSPS) is 13.3. The molecule has 0 radical (unpaired) electrons. The van der Waals surface area contributed by atoms with Gasteiger partial charge in [0.1, 0.15) is 0 Å². The van der Waals surface area contributed by atoms with Gasteiger partial charge in [-0.1, -0.05) is 119 Å². The molecule has 3 aromatic heterocycles. The number of nitrogens with zero attached hydrogens (tertiary/aromatic N) is 2. The molecule has 3 aromatic carbocycles. The average Bonchev–Trinajstić information content (AvgIpc) is 4.13. The summed E-state index contributed by atoms with van der Waals surface area (Å²) in [7, 11) is 0. The Labute approximate surface area is 400 Å². The van der Waals surface area contributed by atoms with Crippen molar-refractivity contribution in [3.05, 3.63) is 88.4 Å². The van der Waals surface area contributed by atoms with Gasteiger partial charge in [-0.15, -0.1) is 0 Å². The van der Waals surface area contributed by atoms with Crippen molar-refractivity contribution >= 4 is 82.6 Å². The second kappa shape index (κ2) is 23.6. The first-order valence-corrected chi connectivity index (χ1v) is 35.5. The van der Waals surface area contributed by atoms with Gasteiger partial charge in [0.15, 0.2) is 0 Å². The fourth-order valence-electron chi connectivity index (χ4n) is 10.7. The molecule has 0 bridgehead atoms. The Balaban J connectivity index is 1.20. The van der Waals surface area contributed by atoms with Gasteiger partial charge in [-0.3, -0.25) is 0 Å². The van der Waals surface area contributed by atoms with Crippen LogP contribution in [0.5, 0.6) is 0 Å². The van der Waals surface area contributed by atoms with Crippen molar-refractivity contribution in [3.8, 4) is 42.4 Å². The van der Waals surface area contributed by atoms with Crippen LogP contribution in [0.4, 0.5) is 0 Å². The minimum absolute atomic E-state index is 0.0569. The van der Waals surface area contributed by atoms with Gasteiger partial charge in [-0.05, 0) is 47.2 Å². The van der Waals surface area contributed by atoms with Gasteiger partial charge in [-0.25, -0.2) is 0 Å². The van der Waals surface area contributed by atoms with Gasteiger partial charge >= 0.3 is 228 Å². The Morgan fingerprint density at radius 3 is 1.52 bits per heavy atom. The number of hydrogen-bond donors (Lipinski definition) is 0. The Morgan fingerprint density at radius 1 is 0.468 bits per heavy atom. The summed E-state index contributed by atoms with van der Waals surface area (Å²) < 4.78 is 17.5. The van der Waals surface area contributed by atoms with Crippen molar-refractivity contribution in [2.75, 3.05) is 0 Å². The second-order valence-electron chi connectivity index (χ2n) is 18.6. The SMILES string of the molecule is CCCCCCCCC1(CCCCCCCC)c2cc(Br)ccc2-c2ccc(-c3ccc(-c4ccc(-c5cc[c]([Sn]([CH2]CCC)([CH2]CCC)[CH2]CCC)s5)c5nsnc45)s3)cc21. The molecule has 0 atom stereocenters. The molecule has 0 saturated heterocycles. The number of hydrogen-bond acceptors (Lipinski definition) is 5. The first kappa shape index (κ1) is 48.1. The van der Waals surface area contributed by atoms with E-state index in [2.05, 4.69) is 135 Å². The summed E-state index contributed by atoms with van der Waals surface area (Å²) in [6.07, 6.45) is 26.6. The van der Waals surface area contributed by atoms with E-state index in [1.54, 1.807) is 14.0 Å².